The molecule has 5 nitrogen and oxygen atoms in total. The number of rotatable bonds is 10. The molecule has 5 rings (SSSR count). The Hall–Kier alpha value is -3.32. The van der Waals surface area contributed by atoms with Crippen LogP contribution in [0.15, 0.2) is 97.2 Å². The van der Waals surface area contributed by atoms with E-state index in [1.54, 1.807) is 11.9 Å². The molecule has 0 saturated carbocycles. The zero-order chi connectivity index (χ0) is 25.6. The minimum Gasteiger partial charge on any atom is -0.372 e. The van der Waals surface area contributed by atoms with Crippen molar-refractivity contribution in [2.45, 2.75) is 13.1 Å². The van der Waals surface area contributed by atoms with E-state index in [2.05, 4.69) is 92.5 Å². The first-order valence-corrected chi connectivity index (χ1v) is 13.9. The Bertz CT molecular complexity index is 1410. The Morgan fingerprint density at radius 2 is 1.43 bits per heavy atom. The fraction of sp³-hybridized carbons (Fsp3) is 0.200. The highest BCUT2D eigenvalue weighted by Gasteiger charge is 2.20. The summed E-state index contributed by atoms with van der Waals surface area (Å²) in [5.74, 6) is 0.767. The number of likely N-dealkylation sites (N-methyl/N-ethyl adjacent to an activating group) is 1. The number of aromatic nitrogens is 3. The van der Waals surface area contributed by atoms with E-state index in [0.717, 1.165) is 48.7 Å². The average molecular weight is 528 g/mol. The average Bonchev–Trinajstić information content (AvgIpc) is 3.31. The first-order valence-electron chi connectivity index (χ1n) is 12.3. The van der Waals surface area contributed by atoms with E-state index in [1.165, 1.54) is 11.1 Å². The molecule has 188 valence electrons. The van der Waals surface area contributed by atoms with Crippen LogP contribution in [0.25, 0.3) is 22.6 Å². The van der Waals surface area contributed by atoms with Gasteiger partial charge in [0.05, 0.1) is 21.7 Å². The fourth-order valence-electron chi connectivity index (χ4n) is 4.53. The lowest BCUT2D eigenvalue weighted by Crippen LogP contribution is -2.33. The number of hydrogen-bond donors (Lipinski definition) is 0. The lowest BCUT2D eigenvalue weighted by molar-refractivity contribution is 0.263. The smallest absolute Gasteiger partial charge is 0.171 e. The summed E-state index contributed by atoms with van der Waals surface area (Å²) in [6.45, 7) is 3.48. The summed E-state index contributed by atoms with van der Waals surface area (Å²) >= 11 is 8.59. The lowest BCUT2D eigenvalue weighted by Gasteiger charge is -2.27. The highest BCUT2D eigenvalue weighted by molar-refractivity contribution is 7.97. The van der Waals surface area contributed by atoms with Crippen molar-refractivity contribution in [1.29, 1.82) is 0 Å². The molecule has 0 bridgehead atoms. The molecule has 0 spiro atoms. The van der Waals surface area contributed by atoms with Gasteiger partial charge in [-0.2, -0.15) is 0 Å². The Kier molecular flexibility index (Phi) is 8.09. The van der Waals surface area contributed by atoms with E-state index < -0.39 is 0 Å². The van der Waals surface area contributed by atoms with Crippen molar-refractivity contribution in [2.75, 3.05) is 31.3 Å². The molecule has 0 N–H and O–H groups in total. The second kappa shape index (κ2) is 11.8. The molecule has 7 heteroatoms. The van der Waals surface area contributed by atoms with Gasteiger partial charge in [0.15, 0.2) is 5.82 Å². The third kappa shape index (κ3) is 5.82. The third-order valence-corrected chi connectivity index (χ3v) is 7.55. The quantitative estimate of drug-likeness (QED) is 0.195. The summed E-state index contributed by atoms with van der Waals surface area (Å²) in [7, 11) is 2.09. The molecular formula is C30H30ClN5S. The fourth-order valence-corrected chi connectivity index (χ4v) is 5.52. The minimum atomic E-state index is 0.619. The highest BCUT2D eigenvalue weighted by atomic mass is 35.5. The van der Waals surface area contributed by atoms with Crippen LogP contribution in [0.4, 0.5) is 5.69 Å². The van der Waals surface area contributed by atoms with Crippen molar-refractivity contribution in [3.05, 3.63) is 113 Å². The zero-order valence-electron chi connectivity index (χ0n) is 21.1. The number of fused-ring (bicyclic) bond motifs is 1. The number of nitrogens with zero attached hydrogens (tertiary/aromatic N) is 5. The molecule has 37 heavy (non-hydrogen) atoms. The van der Waals surface area contributed by atoms with Crippen molar-refractivity contribution >= 4 is 40.3 Å². The molecule has 0 atom stereocenters. The van der Waals surface area contributed by atoms with Gasteiger partial charge < -0.3 is 4.90 Å². The Morgan fingerprint density at radius 3 is 2.08 bits per heavy atom. The van der Waals surface area contributed by atoms with Crippen molar-refractivity contribution in [3.63, 3.8) is 0 Å². The third-order valence-electron chi connectivity index (χ3n) is 6.44. The summed E-state index contributed by atoms with van der Waals surface area (Å²) in [4.78, 5) is 14.2. The molecule has 0 aliphatic rings. The van der Waals surface area contributed by atoms with E-state index in [-0.39, 0.29) is 0 Å². The molecule has 3 aromatic carbocycles. The number of benzene rings is 3. The summed E-state index contributed by atoms with van der Waals surface area (Å²) in [5.41, 5.74) is 6.25. The largest absolute Gasteiger partial charge is 0.372 e. The van der Waals surface area contributed by atoms with Crippen LogP contribution in [-0.2, 0) is 13.1 Å². The van der Waals surface area contributed by atoms with Gasteiger partial charge in [-0.1, -0.05) is 84.4 Å². The normalized spacial score (nSPS) is 11.4. The van der Waals surface area contributed by atoms with Crippen LogP contribution >= 0.6 is 23.5 Å². The van der Waals surface area contributed by atoms with Crippen LogP contribution in [0.5, 0.6) is 0 Å². The maximum Gasteiger partial charge on any atom is 0.171 e. The highest BCUT2D eigenvalue weighted by Crippen LogP contribution is 2.36. The van der Waals surface area contributed by atoms with Crippen LogP contribution in [0.1, 0.15) is 11.1 Å². The van der Waals surface area contributed by atoms with E-state index in [0.29, 0.717) is 10.7 Å². The summed E-state index contributed by atoms with van der Waals surface area (Å²) < 4.78 is 2.09. The molecule has 2 aromatic heterocycles. The van der Waals surface area contributed by atoms with Gasteiger partial charge in [0.1, 0.15) is 5.69 Å². The summed E-state index contributed by atoms with van der Waals surface area (Å²) in [6.07, 6.45) is 3.86. The van der Waals surface area contributed by atoms with Gasteiger partial charge in [0.2, 0.25) is 0 Å². The maximum atomic E-state index is 6.99. The number of hydrogen-bond acceptors (Lipinski definition) is 5. The van der Waals surface area contributed by atoms with Crippen LogP contribution in [0, 0.1) is 0 Å². The first kappa shape index (κ1) is 25.3. The van der Waals surface area contributed by atoms with Crippen LogP contribution in [0.2, 0.25) is 5.02 Å². The first-order chi connectivity index (χ1) is 18.1. The number of pyridine rings is 1. The van der Waals surface area contributed by atoms with Crippen LogP contribution < -0.4 is 4.90 Å². The van der Waals surface area contributed by atoms with Crippen molar-refractivity contribution < 1.29 is 0 Å². The van der Waals surface area contributed by atoms with Crippen LogP contribution in [-0.4, -0.2) is 45.2 Å². The zero-order valence-corrected chi connectivity index (χ0v) is 22.7. The van der Waals surface area contributed by atoms with Crippen molar-refractivity contribution in [2.24, 2.45) is 0 Å². The second-order valence-corrected chi connectivity index (χ2v) is 10.1. The van der Waals surface area contributed by atoms with E-state index in [9.17, 15) is 0 Å². The molecule has 0 amide bonds. The van der Waals surface area contributed by atoms with Crippen LogP contribution in [0.3, 0.4) is 0 Å². The molecular weight excluding hydrogens is 498 g/mol. The van der Waals surface area contributed by atoms with Gasteiger partial charge in [-0.15, -0.1) is 0 Å². The monoisotopic (exact) mass is 527 g/mol. The molecule has 2 heterocycles. The number of imidazole rings is 1. The predicted molar refractivity (Wildman–Crippen MR) is 157 cm³/mol. The van der Waals surface area contributed by atoms with Gasteiger partial charge >= 0.3 is 0 Å². The lowest BCUT2D eigenvalue weighted by atomic mass is 10.1. The molecule has 0 saturated heterocycles. The Morgan fingerprint density at radius 1 is 0.811 bits per heavy atom. The van der Waals surface area contributed by atoms with E-state index >= 15 is 0 Å². The van der Waals surface area contributed by atoms with Gasteiger partial charge in [0, 0.05) is 45.7 Å². The van der Waals surface area contributed by atoms with Gasteiger partial charge in [-0.3, -0.25) is 13.9 Å². The van der Waals surface area contributed by atoms with E-state index in [4.69, 9.17) is 16.6 Å². The summed E-state index contributed by atoms with van der Waals surface area (Å²) in [6, 6.07) is 31.4. The standard InChI is InChI=1S/C30H30ClN5S/c1-34(19-20-35(21-23-11-5-3-6-12-23)22-24-13-7-4-8-14-24)27-17-18-32-29(28(27)31)30-33-25-15-9-10-16-26(25)36(30)37-2/h3-18H,19-22H2,1-2H3. The Labute approximate surface area is 227 Å². The topological polar surface area (TPSA) is 37.2 Å². The molecule has 0 radical (unpaired) electrons. The van der Waals surface area contributed by atoms with Gasteiger partial charge in [0.25, 0.3) is 0 Å². The molecule has 0 unspecified atom stereocenters. The number of para-hydroxylation sites is 2. The summed E-state index contributed by atoms with van der Waals surface area (Å²) in [5, 5.41) is 0.619. The molecule has 0 fully saturated rings. The van der Waals surface area contributed by atoms with Crippen molar-refractivity contribution in [1.82, 2.24) is 18.8 Å². The van der Waals surface area contributed by atoms with Gasteiger partial charge in [-0.25, -0.2) is 4.98 Å². The molecule has 0 aliphatic heterocycles. The predicted octanol–water partition coefficient (Wildman–Crippen LogP) is 7.02. The van der Waals surface area contributed by atoms with Gasteiger partial charge in [-0.05, 0) is 41.3 Å². The number of anilines is 1. The number of halogens is 1. The molecule has 5 aromatic rings. The van der Waals surface area contributed by atoms with Crippen molar-refractivity contribution in [3.8, 4) is 11.5 Å². The SMILES string of the molecule is CSn1c(-c2nccc(N(C)CCN(Cc3ccccc3)Cc3ccccc3)c2Cl)nc2ccccc21. The Balaban J connectivity index is 1.37. The second-order valence-electron chi connectivity index (χ2n) is 9.00. The van der Waals surface area contributed by atoms with E-state index in [1.807, 2.05) is 36.7 Å². The molecule has 0 aliphatic carbocycles. The maximum absolute atomic E-state index is 6.99. The minimum absolute atomic E-state index is 0.619.